The van der Waals surface area contributed by atoms with Crippen molar-refractivity contribution in [1.29, 1.82) is 0 Å². The normalized spacial score (nSPS) is 12.9. The summed E-state index contributed by atoms with van der Waals surface area (Å²) in [5, 5.41) is 0. The number of methoxy groups -OCH3 is 1. The van der Waals surface area contributed by atoms with Gasteiger partial charge in [-0.25, -0.2) is 4.79 Å². The Morgan fingerprint density at radius 3 is 2.00 bits per heavy atom. The van der Waals surface area contributed by atoms with Gasteiger partial charge in [0, 0.05) is 0 Å². The van der Waals surface area contributed by atoms with E-state index in [2.05, 4.69) is 25.5 Å². The van der Waals surface area contributed by atoms with Gasteiger partial charge in [0.2, 0.25) is 5.78 Å². The Labute approximate surface area is 108 Å². The van der Waals surface area contributed by atoms with Crippen LogP contribution in [0.25, 0.3) is 0 Å². The smallest absolute Gasteiger partial charge is 0.374 e. The molecule has 0 aliphatic carbocycles. The maximum Gasteiger partial charge on any atom is 0.374 e. The zero-order valence-corrected chi connectivity index (χ0v) is 11.6. The van der Waals surface area contributed by atoms with Gasteiger partial charge in [0.05, 0.1) is 13.0 Å². The maximum absolute atomic E-state index is 11.7. The van der Waals surface area contributed by atoms with Crippen LogP contribution in [0.15, 0.2) is 24.3 Å². The molecule has 0 heterocycles. The number of rotatable bonds is 3. The molecule has 18 heavy (non-hydrogen) atoms. The van der Waals surface area contributed by atoms with Gasteiger partial charge in [0.1, 0.15) is 0 Å². The number of hydrogen-bond acceptors (Lipinski definition) is 3. The second-order valence-corrected chi connectivity index (χ2v) is 5.45. The molecular weight excluding hydrogens is 228 g/mol. The number of hydrogen-bond donors (Lipinski definition) is 0. The second-order valence-electron chi connectivity index (χ2n) is 5.45. The van der Waals surface area contributed by atoms with Crippen LogP contribution < -0.4 is 0 Å². The van der Waals surface area contributed by atoms with Crippen molar-refractivity contribution in [1.82, 2.24) is 0 Å². The largest absolute Gasteiger partial charge is 0.463 e. The van der Waals surface area contributed by atoms with Crippen LogP contribution in [0.2, 0.25) is 0 Å². The highest BCUT2D eigenvalue weighted by molar-refractivity contribution is 6.35. The fourth-order valence-corrected chi connectivity index (χ4v) is 1.70. The van der Waals surface area contributed by atoms with Crippen molar-refractivity contribution in [2.75, 3.05) is 7.11 Å². The van der Waals surface area contributed by atoms with Crippen molar-refractivity contribution in [3.63, 3.8) is 0 Å². The van der Waals surface area contributed by atoms with E-state index >= 15 is 0 Å². The van der Waals surface area contributed by atoms with E-state index in [4.69, 9.17) is 0 Å². The molecule has 0 saturated carbocycles. The molecule has 1 unspecified atom stereocenters. The number of carbonyl (C=O) groups is 2. The summed E-state index contributed by atoms with van der Waals surface area (Å²) in [4.78, 5) is 22.9. The van der Waals surface area contributed by atoms with E-state index in [0.29, 0.717) is 0 Å². The molecule has 3 heteroatoms. The van der Waals surface area contributed by atoms with Crippen molar-refractivity contribution in [3.05, 3.63) is 35.4 Å². The predicted octanol–water partition coefficient (Wildman–Crippen LogP) is 2.83. The molecule has 1 rings (SSSR count). The molecule has 0 radical (unpaired) electrons. The molecule has 1 atom stereocenters. The Balaban J connectivity index is 2.92. The minimum absolute atomic E-state index is 0.0775. The van der Waals surface area contributed by atoms with Crippen LogP contribution in [0.5, 0.6) is 0 Å². The number of benzene rings is 1. The van der Waals surface area contributed by atoms with Crippen molar-refractivity contribution < 1.29 is 14.3 Å². The molecule has 0 aliphatic heterocycles. The van der Waals surface area contributed by atoms with Crippen LogP contribution >= 0.6 is 0 Å². The van der Waals surface area contributed by atoms with Crippen LogP contribution in [0.1, 0.15) is 44.7 Å². The number of carbonyl (C=O) groups excluding carboxylic acids is 2. The standard InChI is InChI=1S/C15H20O3/c1-10(13(16)14(17)18-5)11-6-8-12(9-7-11)15(2,3)4/h6-10H,1-5H3. The van der Waals surface area contributed by atoms with Gasteiger partial charge in [0.15, 0.2) is 0 Å². The van der Waals surface area contributed by atoms with Crippen LogP contribution in [0.3, 0.4) is 0 Å². The van der Waals surface area contributed by atoms with Gasteiger partial charge in [-0.2, -0.15) is 0 Å². The summed E-state index contributed by atoms with van der Waals surface area (Å²) in [6.45, 7) is 8.10. The van der Waals surface area contributed by atoms with Gasteiger partial charge in [-0.15, -0.1) is 0 Å². The Morgan fingerprint density at radius 1 is 1.11 bits per heavy atom. The summed E-state index contributed by atoms with van der Waals surface area (Å²) < 4.78 is 4.44. The Morgan fingerprint density at radius 2 is 1.61 bits per heavy atom. The lowest BCUT2D eigenvalue weighted by atomic mass is 9.85. The molecule has 0 bridgehead atoms. The zero-order chi connectivity index (χ0) is 13.9. The van der Waals surface area contributed by atoms with Gasteiger partial charge in [-0.3, -0.25) is 4.79 Å². The fraction of sp³-hybridized carbons (Fsp3) is 0.467. The fourth-order valence-electron chi connectivity index (χ4n) is 1.70. The topological polar surface area (TPSA) is 43.4 Å². The van der Waals surface area contributed by atoms with Gasteiger partial charge < -0.3 is 4.74 Å². The van der Waals surface area contributed by atoms with Crippen molar-refractivity contribution in [2.45, 2.75) is 39.0 Å². The molecule has 0 aromatic heterocycles. The summed E-state index contributed by atoms with van der Waals surface area (Å²) in [5.41, 5.74) is 2.11. The first-order valence-electron chi connectivity index (χ1n) is 6.00. The molecule has 0 aliphatic rings. The van der Waals surface area contributed by atoms with Gasteiger partial charge in [0.25, 0.3) is 0 Å². The molecule has 0 saturated heterocycles. The highest BCUT2D eigenvalue weighted by atomic mass is 16.5. The Hall–Kier alpha value is -1.64. The summed E-state index contributed by atoms with van der Waals surface area (Å²) in [6, 6.07) is 7.78. The predicted molar refractivity (Wildman–Crippen MR) is 70.6 cm³/mol. The molecular formula is C15H20O3. The first-order chi connectivity index (χ1) is 8.27. The number of ketones is 1. The quantitative estimate of drug-likeness (QED) is 0.610. The molecule has 0 N–H and O–H groups in total. The summed E-state index contributed by atoms with van der Waals surface area (Å²) in [5.74, 6) is -1.77. The molecule has 98 valence electrons. The lowest BCUT2D eigenvalue weighted by Crippen LogP contribution is -2.21. The maximum atomic E-state index is 11.7. The van der Waals surface area contributed by atoms with Crippen LogP contribution in [-0.2, 0) is 19.7 Å². The third kappa shape index (κ3) is 3.19. The third-order valence-electron chi connectivity index (χ3n) is 3.06. The Bertz CT molecular complexity index is 438. The van der Waals surface area contributed by atoms with E-state index in [9.17, 15) is 9.59 Å². The average Bonchev–Trinajstić information content (AvgIpc) is 2.35. The summed E-state index contributed by atoms with van der Waals surface area (Å²) >= 11 is 0. The molecule has 1 aromatic rings. The lowest BCUT2D eigenvalue weighted by molar-refractivity contribution is -0.152. The average molecular weight is 248 g/mol. The number of Topliss-reactive ketones (excluding diaryl/α,β-unsaturated/α-hetero) is 1. The molecule has 0 amide bonds. The molecule has 0 spiro atoms. The van der Waals surface area contributed by atoms with E-state index in [0.717, 1.165) is 5.56 Å². The highest BCUT2D eigenvalue weighted by Crippen LogP contribution is 2.24. The van der Waals surface area contributed by atoms with Crippen LogP contribution in [0, 0.1) is 0 Å². The SMILES string of the molecule is COC(=O)C(=O)C(C)c1ccc(C(C)(C)C)cc1. The minimum atomic E-state index is -0.789. The van der Waals surface area contributed by atoms with Crippen molar-refractivity contribution in [3.8, 4) is 0 Å². The van der Waals surface area contributed by atoms with E-state index in [1.807, 2.05) is 24.3 Å². The lowest BCUT2D eigenvalue weighted by Gasteiger charge is -2.19. The first-order valence-corrected chi connectivity index (χ1v) is 6.00. The van der Waals surface area contributed by atoms with Gasteiger partial charge >= 0.3 is 5.97 Å². The molecule has 0 fully saturated rings. The Kier molecular flexibility index (Phi) is 4.28. The van der Waals surface area contributed by atoms with E-state index in [-0.39, 0.29) is 5.41 Å². The molecule has 3 nitrogen and oxygen atoms in total. The summed E-state index contributed by atoms with van der Waals surface area (Å²) in [6.07, 6.45) is 0. The van der Waals surface area contributed by atoms with Crippen molar-refractivity contribution in [2.24, 2.45) is 0 Å². The van der Waals surface area contributed by atoms with Gasteiger partial charge in [-0.1, -0.05) is 52.0 Å². The molecule has 1 aromatic carbocycles. The van der Waals surface area contributed by atoms with Crippen molar-refractivity contribution >= 4 is 11.8 Å². The monoisotopic (exact) mass is 248 g/mol. The van der Waals surface area contributed by atoms with E-state index in [1.165, 1.54) is 12.7 Å². The summed E-state index contributed by atoms with van der Waals surface area (Å²) in [7, 11) is 1.22. The van der Waals surface area contributed by atoms with Gasteiger partial charge in [-0.05, 0) is 16.5 Å². The van der Waals surface area contributed by atoms with Crippen LogP contribution in [0.4, 0.5) is 0 Å². The van der Waals surface area contributed by atoms with E-state index in [1.54, 1.807) is 6.92 Å². The zero-order valence-electron chi connectivity index (χ0n) is 11.6. The number of esters is 1. The van der Waals surface area contributed by atoms with Crippen LogP contribution in [-0.4, -0.2) is 18.9 Å². The first kappa shape index (κ1) is 14.4. The number of ether oxygens (including phenoxy) is 1. The van der Waals surface area contributed by atoms with E-state index < -0.39 is 17.7 Å². The highest BCUT2D eigenvalue weighted by Gasteiger charge is 2.23. The third-order valence-corrected chi connectivity index (χ3v) is 3.06. The second kappa shape index (κ2) is 5.34. The minimum Gasteiger partial charge on any atom is -0.463 e.